The first-order valence-electron chi connectivity index (χ1n) is 16.2. The zero-order valence-corrected chi connectivity index (χ0v) is 26.2. The molecule has 2 saturated heterocycles. The monoisotopic (exact) mass is 595 g/mol. The van der Waals surface area contributed by atoms with Crippen molar-refractivity contribution in [2.45, 2.75) is 69.2 Å². The van der Waals surface area contributed by atoms with Crippen LogP contribution in [0, 0.1) is 5.92 Å². The quantitative estimate of drug-likeness (QED) is 0.306. The largest absolute Gasteiger partial charge is 0.378 e. The summed E-state index contributed by atoms with van der Waals surface area (Å²) in [6.07, 6.45) is 18.4. The molecule has 3 fully saturated rings. The minimum absolute atomic E-state index is 0.148. The van der Waals surface area contributed by atoms with Gasteiger partial charge in [0.15, 0.2) is 5.82 Å². The lowest BCUT2D eigenvalue weighted by Crippen LogP contribution is -2.47. The van der Waals surface area contributed by atoms with Gasteiger partial charge in [0.25, 0.3) is 0 Å². The molecule has 10 heteroatoms. The first kappa shape index (κ1) is 29.1. The van der Waals surface area contributed by atoms with E-state index in [-0.39, 0.29) is 11.8 Å². The molecule has 0 bridgehead atoms. The van der Waals surface area contributed by atoms with Crippen LogP contribution in [0.1, 0.15) is 57.4 Å². The summed E-state index contributed by atoms with van der Waals surface area (Å²) in [5.41, 5.74) is 5.33. The van der Waals surface area contributed by atoms with E-state index in [4.69, 9.17) is 15.1 Å². The Morgan fingerprint density at radius 1 is 0.864 bits per heavy atom. The maximum absolute atomic E-state index is 10.3. The maximum Gasteiger partial charge on any atom is 0.161 e. The van der Waals surface area contributed by atoms with E-state index in [1.165, 1.54) is 12.8 Å². The maximum atomic E-state index is 10.3. The predicted molar refractivity (Wildman–Crippen MR) is 173 cm³/mol. The highest BCUT2D eigenvalue weighted by Gasteiger charge is 2.45. The van der Waals surface area contributed by atoms with Crippen molar-refractivity contribution in [3.63, 3.8) is 0 Å². The number of aryl methyl sites for hydroxylation is 1. The van der Waals surface area contributed by atoms with Gasteiger partial charge in [-0.05, 0) is 96.1 Å². The molecule has 3 aliphatic rings. The average molecular weight is 596 g/mol. The van der Waals surface area contributed by atoms with Gasteiger partial charge in [0, 0.05) is 60.0 Å². The standard InChI is InChI=1S/C34H45N9O/c1-40-15-10-24(11-16-40)18-35-33-30(21-36-32(39-33)26-6-4-5-25(17-26)27-19-37-41(2)22-27)28-20-38-43(23-28)29-7-12-34(13-8-29)14-9-31(44)42(34)3/h4-6,17,19-24,29,31,44H,7-16,18H2,1-3H3,(H,35,36,39)/t29-,31?,34+. The Kier molecular flexibility index (Phi) is 7.99. The van der Waals surface area contributed by atoms with Crippen LogP contribution >= 0.6 is 0 Å². The van der Waals surface area contributed by atoms with Crippen molar-refractivity contribution in [1.82, 2.24) is 39.3 Å². The third-order valence-electron chi connectivity index (χ3n) is 10.6. The molecule has 5 heterocycles. The molecule has 1 aliphatic carbocycles. The second kappa shape index (κ2) is 12.1. The number of nitrogens with zero attached hydrogens (tertiary/aromatic N) is 8. The molecule has 3 aromatic heterocycles. The number of aromatic nitrogens is 6. The summed E-state index contributed by atoms with van der Waals surface area (Å²) in [6.45, 7) is 3.17. The van der Waals surface area contributed by atoms with E-state index in [1.807, 2.05) is 36.5 Å². The Morgan fingerprint density at radius 2 is 1.61 bits per heavy atom. The van der Waals surface area contributed by atoms with E-state index < -0.39 is 0 Å². The van der Waals surface area contributed by atoms with Crippen LogP contribution in [-0.4, -0.2) is 89.9 Å². The van der Waals surface area contributed by atoms with Crippen LogP contribution in [0.4, 0.5) is 5.82 Å². The van der Waals surface area contributed by atoms with Gasteiger partial charge in [-0.15, -0.1) is 0 Å². The number of hydrogen-bond donors (Lipinski definition) is 2. The predicted octanol–water partition coefficient (Wildman–Crippen LogP) is 5.06. The summed E-state index contributed by atoms with van der Waals surface area (Å²) >= 11 is 0. The molecule has 7 rings (SSSR count). The first-order valence-corrected chi connectivity index (χ1v) is 16.2. The molecule has 1 unspecified atom stereocenters. The Bertz CT molecular complexity index is 1580. The molecule has 232 valence electrons. The molecule has 4 aromatic rings. The Balaban J connectivity index is 1.14. The van der Waals surface area contributed by atoms with Crippen LogP contribution in [0.2, 0.25) is 0 Å². The normalized spacial score (nSPS) is 25.2. The molecule has 1 spiro atoms. The molecule has 2 aliphatic heterocycles. The lowest BCUT2D eigenvalue weighted by molar-refractivity contribution is -0.0184. The van der Waals surface area contributed by atoms with Crippen LogP contribution in [-0.2, 0) is 7.05 Å². The Morgan fingerprint density at radius 3 is 2.34 bits per heavy atom. The van der Waals surface area contributed by atoms with Gasteiger partial charge < -0.3 is 15.3 Å². The highest BCUT2D eigenvalue weighted by molar-refractivity contribution is 5.76. The number of hydrogen-bond acceptors (Lipinski definition) is 8. The highest BCUT2D eigenvalue weighted by atomic mass is 16.3. The van der Waals surface area contributed by atoms with Crippen LogP contribution in [0.15, 0.2) is 55.2 Å². The van der Waals surface area contributed by atoms with E-state index in [0.717, 1.165) is 91.8 Å². The molecule has 1 aromatic carbocycles. The van der Waals surface area contributed by atoms with Crippen LogP contribution in [0.3, 0.4) is 0 Å². The smallest absolute Gasteiger partial charge is 0.161 e. The summed E-state index contributed by atoms with van der Waals surface area (Å²) in [4.78, 5) is 14.6. The van der Waals surface area contributed by atoms with Crippen LogP contribution < -0.4 is 5.32 Å². The molecule has 1 atom stereocenters. The molecule has 2 N–H and O–H groups in total. The SMILES string of the molecule is CN1CCC(CNc2nc(-c3cccc(-c4cnn(C)c4)c3)ncc2-c2cnn([C@H]3CC[C@]4(CCC(O)N4C)CC3)c2)CC1. The van der Waals surface area contributed by atoms with E-state index >= 15 is 0 Å². The number of anilines is 1. The van der Waals surface area contributed by atoms with E-state index in [2.05, 4.69) is 69.5 Å². The Hall–Kier alpha value is -3.60. The lowest BCUT2D eigenvalue weighted by atomic mass is 9.78. The number of aliphatic hydroxyl groups excluding tert-OH is 1. The van der Waals surface area contributed by atoms with E-state index in [9.17, 15) is 5.11 Å². The number of aliphatic hydroxyl groups is 1. The molecule has 0 amide bonds. The summed E-state index contributed by atoms with van der Waals surface area (Å²) in [7, 11) is 6.23. The van der Waals surface area contributed by atoms with E-state index in [1.54, 1.807) is 0 Å². The fraction of sp³-hybridized carbons (Fsp3) is 0.529. The van der Waals surface area contributed by atoms with Gasteiger partial charge >= 0.3 is 0 Å². The van der Waals surface area contributed by atoms with Gasteiger partial charge in [-0.2, -0.15) is 10.2 Å². The van der Waals surface area contributed by atoms with Gasteiger partial charge in [0.1, 0.15) is 12.0 Å². The van der Waals surface area contributed by atoms with Gasteiger partial charge in [0.05, 0.1) is 18.4 Å². The van der Waals surface area contributed by atoms with Crippen molar-refractivity contribution in [1.29, 1.82) is 0 Å². The molecular formula is C34H45N9O. The summed E-state index contributed by atoms with van der Waals surface area (Å²) in [6, 6.07) is 8.74. The van der Waals surface area contributed by atoms with Gasteiger partial charge in [-0.3, -0.25) is 14.3 Å². The number of benzene rings is 1. The van der Waals surface area contributed by atoms with Crippen molar-refractivity contribution in [2.24, 2.45) is 13.0 Å². The highest BCUT2D eigenvalue weighted by Crippen LogP contribution is 2.45. The van der Waals surface area contributed by atoms with Crippen molar-refractivity contribution in [3.05, 3.63) is 55.2 Å². The van der Waals surface area contributed by atoms with Gasteiger partial charge in [-0.25, -0.2) is 9.97 Å². The fourth-order valence-electron chi connectivity index (χ4n) is 7.55. The van der Waals surface area contributed by atoms with Crippen molar-refractivity contribution >= 4 is 5.82 Å². The van der Waals surface area contributed by atoms with Gasteiger partial charge in [0.2, 0.25) is 0 Å². The minimum atomic E-state index is -0.302. The van der Waals surface area contributed by atoms with Crippen molar-refractivity contribution in [2.75, 3.05) is 39.0 Å². The average Bonchev–Trinajstić information content (AvgIpc) is 3.78. The first-order chi connectivity index (χ1) is 21.4. The second-order valence-corrected chi connectivity index (χ2v) is 13.4. The Labute approximate surface area is 260 Å². The minimum Gasteiger partial charge on any atom is -0.378 e. The zero-order valence-electron chi connectivity index (χ0n) is 26.2. The zero-order chi connectivity index (χ0) is 30.3. The topological polar surface area (TPSA) is 100 Å². The third-order valence-corrected chi connectivity index (χ3v) is 10.6. The summed E-state index contributed by atoms with van der Waals surface area (Å²) in [5.74, 6) is 2.19. The van der Waals surface area contributed by atoms with Crippen LogP contribution in [0.25, 0.3) is 33.6 Å². The molecule has 44 heavy (non-hydrogen) atoms. The van der Waals surface area contributed by atoms with Gasteiger partial charge in [-0.1, -0.05) is 18.2 Å². The second-order valence-electron chi connectivity index (χ2n) is 13.4. The molecular weight excluding hydrogens is 550 g/mol. The number of piperidine rings is 1. The fourth-order valence-corrected chi connectivity index (χ4v) is 7.55. The van der Waals surface area contributed by atoms with E-state index in [0.29, 0.717) is 17.8 Å². The third kappa shape index (κ3) is 5.78. The van der Waals surface area contributed by atoms with Crippen molar-refractivity contribution < 1.29 is 5.11 Å². The van der Waals surface area contributed by atoms with Crippen molar-refractivity contribution in [3.8, 4) is 33.6 Å². The molecule has 1 saturated carbocycles. The number of likely N-dealkylation sites (tertiary alicyclic amines) is 2. The summed E-state index contributed by atoms with van der Waals surface area (Å²) in [5, 5.41) is 23.3. The molecule has 0 radical (unpaired) electrons. The summed E-state index contributed by atoms with van der Waals surface area (Å²) < 4.78 is 3.97. The number of rotatable bonds is 7. The molecule has 10 nitrogen and oxygen atoms in total. The lowest BCUT2D eigenvalue weighted by Gasteiger charge is -2.43. The number of nitrogens with one attached hydrogen (secondary N) is 1. The van der Waals surface area contributed by atoms with Crippen LogP contribution in [0.5, 0.6) is 0 Å².